The summed E-state index contributed by atoms with van der Waals surface area (Å²) in [6, 6.07) is 5.41. The molecule has 2 rings (SSSR count). The molecule has 0 saturated heterocycles. The Balaban J connectivity index is 2.17. The Morgan fingerprint density at radius 3 is 2.52 bits per heavy atom. The Kier molecular flexibility index (Phi) is 7.01. The molecule has 6 nitrogen and oxygen atoms in total. The highest BCUT2D eigenvalue weighted by molar-refractivity contribution is 5.95. The molecule has 0 fully saturated rings. The number of ether oxygens (including phenoxy) is 1. The van der Waals surface area contributed by atoms with Crippen LogP contribution < -0.4 is 4.74 Å². The summed E-state index contributed by atoms with van der Waals surface area (Å²) in [6.07, 6.45) is 4.37. The summed E-state index contributed by atoms with van der Waals surface area (Å²) in [6.45, 7) is 7.42. The molecule has 0 radical (unpaired) electrons. The number of esters is 1. The fourth-order valence-electron chi connectivity index (χ4n) is 3.03. The minimum absolute atomic E-state index is 0.414. The minimum atomic E-state index is -1.19. The van der Waals surface area contributed by atoms with Crippen LogP contribution in [0.3, 0.4) is 0 Å². The van der Waals surface area contributed by atoms with E-state index in [0.29, 0.717) is 5.75 Å². The summed E-state index contributed by atoms with van der Waals surface area (Å²) in [5, 5.41) is 9.58. The molecular weight excluding hydrogens is 320 g/mol. The van der Waals surface area contributed by atoms with Crippen molar-refractivity contribution in [2.75, 3.05) is 19.6 Å². The molecule has 0 aliphatic rings. The van der Waals surface area contributed by atoms with E-state index in [1.807, 2.05) is 12.3 Å². The molecular formula is C19H26N2O4. The highest BCUT2D eigenvalue weighted by Crippen LogP contribution is 2.29. The summed E-state index contributed by atoms with van der Waals surface area (Å²) in [5.74, 6) is -1.54. The van der Waals surface area contributed by atoms with Gasteiger partial charge in [-0.15, -0.1) is 0 Å². The molecule has 0 spiro atoms. The number of hydrogen-bond acceptors (Lipinski definition) is 4. The van der Waals surface area contributed by atoms with Crippen molar-refractivity contribution >= 4 is 22.8 Å². The van der Waals surface area contributed by atoms with Crippen molar-refractivity contribution in [3.63, 3.8) is 0 Å². The number of carbonyl (C=O) groups excluding carboxylic acids is 1. The first-order valence-corrected chi connectivity index (χ1v) is 8.79. The Morgan fingerprint density at radius 2 is 1.88 bits per heavy atom. The maximum atomic E-state index is 11.7. The van der Waals surface area contributed by atoms with Gasteiger partial charge in [0.2, 0.25) is 0 Å². The fourth-order valence-corrected chi connectivity index (χ4v) is 3.03. The smallest absolute Gasteiger partial charge is 0.322 e. The van der Waals surface area contributed by atoms with E-state index < -0.39 is 18.4 Å². The number of carboxylic acid groups (broad SMARTS) is 1. The van der Waals surface area contributed by atoms with Crippen LogP contribution in [0.15, 0.2) is 24.4 Å². The predicted molar refractivity (Wildman–Crippen MR) is 96.9 cm³/mol. The Morgan fingerprint density at radius 1 is 1.16 bits per heavy atom. The summed E-state index contributed by atoms with van der Waals surface area (Å²) in [4.78, 5) is 28.0. The van der Waals surface area contributed by atoms with E-state index in [2.05, 4.69) is 23.7 Å². The van der Waals surface area contributed by atoms with Gasteiger partial charge in [0.1, 0.15) is 12.2 Å². The molecule has 2 N–H and O–H groups in total. The molecule has 0 aliphatic carbocycles. The number of aromatic amines is 1. The van der Waals surface area contributed by atoms with Gasteiger partial charge in [-0.05, 0) is 50.0 Å². The van der Waals surface area contributed by atoms with Crippen LogP contribution in [0, 0.1) is 0 Å². The second-order valence-corrected chi connectivity index (χ2v) is 6.13. The second kappa shape index (κ2) is 9.22. The number of fused-ring (bicyclic) bond motifs is 1. The lowest BCUT2D eigenvalue weighted by Crippen LogP contribution is -2.27. The number of carbonyl (C=O) groups is 2. The number of benzene rings is 1. The Hall–Kier alpha value is -2.34. The van der Waals surface area contributed by atoms with Crippen LogP contribution in [-0.2, 0) is 16.0 Å². The van der Waals surface area contributed by atoms with Gasteiger partial charge >= 0.3 is 11.9 Å². The molecule has 1 aromatic carbocycles. The molecule has 25 heavy (non-hydrogen) atoms. The van der Waals surface area contributed by atoms with Crippen LogP contribution in [0.25, 0.3) is 10.9 Å². The highest BCUT2D eigenvalue weighted by atomic mass is 16.5. The van der Waals surface area contributed by atoms with Gasteiger partial charge in [-0.25, -0.2) is 0 Å². The molecule has 0 unspecified atom stereocenters. The van der Waals surface area contributed by atoms with E-state index in [1.165, 1.54) is 0 Å². The first-order chi connectivity index (χ1) is 12.0. The molecule has 0 aliphatic heterocycles. The summed E-state index contributed by atoms with van der Waals surface area (Å²) >= 11 is 0. The Bertz CT molecular complexity index is 717. The maximum absolute atomic E-state index is 11.7. The van der Waals surface area contributed by atoms with Crippen molar-refractivity contribution in [2.24, 2.45) is 0 Å². The number of rotatable bonds is 10. The summed E-state index contributed by atoms with van der Waals surface area (Å²) < 4.78 is 5.29. The molecule has 0 saturated carbocycles. The van der Waals surface area contributed by atoms with Crippen molar-refractivity contribution < 1.29 is 19.4 Å². The number of nitrogens with one attached hydrogen (secondary N) is 1. The normalized spacial score (nSPS) is 11.2. The first kappa shape index (κ1) is 19.0. The zero-order chi connectivity index (χ0) is 18.2. The monoisotopic (exact) mass is 346 g/mol. The molecule has 136 valence electrons. The van der Waals surface area contributed by atoms with Gasteiger partial charge in [-0.3, -0.25) is 9.59 Å². The van der Waals surface area contributed by atoms with E-state index >= 15 is 0 Å². The van der Waals surface area contributed by atoms with Crippen LogP contribution in [0.5, 0.6) is 5.75 Å². The van der Waals surface area contributed by atoms with Gasteiger partial charge in [0.15, 0.2) is 0 Å². The van der Waals surface area contributed by atoms with Crippen LogP contribution >= 0.6 is 0 Å². The quantitative estimate of drug-likeness (QED) is 0.392. The van der Waals surface area contributed by atoms with E-state index in [-0.39, 0.29) is 0 Å². The molecule has 1 aromatic heterocycles. The summed E-state index contributed by atoms with van der Waals surface area (Å²) in [7, 11) is 0. The van der Waals surface area contributed by atoms with E-state index in [9.17, 15) is 9.59 Å². The Labute approximate surface area is 147 Å². The lowest BCUT2D eigenvalue weighted by Gasteiger charge is -2.20. The lowest BCUT2D eigenvalue weighted by atomic mass is 10.1. The van der Waals surface area contributed by atoms with Crippen molar-refractivity contribution in [3.05, 3.63) is 30.0 Å². The number of H-pyrrole nitrogens is 1. The standard InChI is InChI=1S/C19H26N2O4/c1-3-9-21(10-4-2)11-8-14-13-20-15-6-5-7-16(19(14)15)25-18(24)12-17(22)23/h5-7,13,20H,3-4,8-12H2,1-2H3,(H,22,23). The molecule has 6 heteroatoms. The SMILES string of the molecule is CCCN(CCC)CCc1c[nH]c2cccc(OC(=O)CC(=O)O)c12. The average Bonchev–Trinajstić information content (AvgIpc) is 2.96. The second-order valence-electron chi connectivity index (χ2n) is 6.13. The van der Waals surface area contributed by atoms with E-state index in [1.54, 1.807) is 12.1 Å². The molecule has 0 amide bonds. The van der Waals surface area contributed by atoms with Crippen LogP contribution in [-0.4, -0.2) is 46.6 Å². The van der Waals surface area contributed by atoms with Gasteiger partial charge < -0.3 is 19.7 Å². The highest BCUT2D eigenvalue weighted by Gasteiger charge is 2.15. The first-order valence-electron chi connectivity index (χ1n) is 8.79. The molecule has 2 aromatic rings. The van der Waals surface area contributed by atoms with Gasteiger partial charge in [0.25, 0.3) is 0 Å². The van der Waals surface area contributed by atoms with Gasteiger partial charge in [-0.2, -0.15) is 0 Å². The van der Waals surface area contributed by atoms with Crippen molar-refractivity contribution in [2.45, 2.75) is 39.5 Å². The van der Waals surface area contributed by atoms with Crippen molar-refractivity contribution in [3.8, 4) is 5.75 Å². The number of nitrogens with zero attached hydrogens (tertiary/aromatic N) is 1. The van der Waals surface area contributed by atoms with Gasteiger partial charge in [-0.1, -0.05) is 19.9 Å². The number of carboxylic acids is 1. The minimum Gasteiger partial charge on any atom is -0.481 e. The molecule has 0 bridgehead atoms. The van der Waals surface area contributed by atoms with Crippen LogP contribution in [0.1, 0.15) is 38.7 Å². The maximum Gasteiger partial charge on any atom is 0.322 e. The number of aromatic nitrogens is 1. The van der Waals surface area contributed by atoms with Crippen molar-refractivity contribution in [1.29, 1.82) is 0 Å². The molecule has 0 atom stereocenters. The van der Waals surface area contributed by atoms with Gasteiger partial charge in [0, 0.05) is 23.6 Å². The van der Waals surface area contributed by atoms with Gasteiger partial charge in [0.05, 0.1) is 0 Å². The number of hydrogen-bond donors (Lipinski definition) is 2. The largest absolute Gasteiger partial charge is 0.481 e. The third kappa shape index (κ3) is 5.32. The average molecular weight is 346 g/mol. The van der Waals surface area contributed by atoms with E-state index in [4.69, 9.17) is 9.84 Å². The summed E-state index contributed by atoms with van der Waals surface area (Å²) in [5.41, 5.74) is 1.96. The lowest BCUT2D eigenvalue weighted by molar-refractivity contribution is -0.145. The topological polar surface area (TPSA) is 82.6 Å². The predicted octanol–water partition coefficient (Wildman–Crippen LogP) is 3.21. The fraction of sp³-hybridized carbons (Fsp3) is 0.474. The molecule has 1 heterocycles. The van der Waals surface area contributed by atoms with E-state index in [0.717, 1.165) is 55.4 Å². The van der Waals surface area contributed by atoms with Crippen LogP contribution in [0.4, 0.5) is 0 Å². The van der Waals surface area contributed by atoms with Crippen molar-refractivity contribution in [1.82, 2.24) is 9.88 Å². The third-order valence-electron chi connectivity index (χ3n) is 4.05. The zero-order valence-electron chi connectivity index (χ0n) is 14.9. The zero-order valence-corrected chi connectivity index (χ0v) is 14.9. The number of aliphatic carboxylic acids is 1. The third-order valence-corrected chi connectivity index (χ3v) is 4.05. The van der Waals surface area contributed by atoms with Crippen LogP contribution in [0.2, 0.25) is 0 Å².